The van der Waals surface area contributed by atoms with Crippen molar-refractivity contribution in [2.75, 3.05) is 45.5 Å². The summed E-state index contributed by atoms with van der Waals surface area (Å²) in [7, 11) is 3.59. The number of likely N-dealkylation sites (tertiary alicyclic amines) is 1. The average molecular weight is 636 g/mol. The lowest BCUT2D eigenvalue weighted by atomic mass is 9.76. The molecule has 2 aliphatic rings. The number of benzene rings is 2. The van der Waals surface area contributed by atoms with Gasteiger partial charge < -0.3 is 29.5 Å². The van der Waals surface area contributed by atoms with Crippen molar-refractivity contribution >= 4 is 27.5 Å². The number of aryl methyl sites for hydroxylation is 1. The van der Waals surface area contributed by atoms with Crippen LogP contribution in [0, 0.1) is 17.0 Å². The summed E-state index contributed by atoms with van der Waals surface area (Å²) in [5, 5.41) is 22.3. The fraction of sp³-hybridized carbons (Fsp3) is 0.514. The van der Waals surface area contributed by atoms with Crippen LogP contribution in [0.4, 0.5) is 14.6 Å². The summed E-state index contributed by atoms with van der Waals surface area (Å²) in [6.07, 6.45) is 7.37. The number of phenols is 1. The van der Waals surface area contributed by atoms with E-state index in [1.807, 2.05) is 13.8 Å². The molecule has 2 N–H and O–H groups in total. The molecule has 1 aliphatic heterocycles. The monoisotopic (exact) mass is 635 g/mol. The van der Waals surface area contributed by atoms with Crippen LogP contribution in [0.1, 0.15) is 64.4 Å². The van der Waals surface area contributed by atoms with Gasteiger partial charge in [-0.3, -0.25) is 0 Å². The zero-order valence-electron chi connectivity index (χ0n) is 27.1. The Hall–Kier alpha value is -3.83. The van der Waals surface area contributed by atoms with Gasteiger partial charge in [0.15, 0.2) is 11.6 Å². The number of halogens is 2. The van der Waals surface area contributed by atoms with E-state index >= 15 is 8.78 Å². The van der Waals surface area contributed by atoms with E-state index in [0.29, 0.717) is 42.0 Å². The zero-order chi connectivity index (χ0) is 32.6. The molecule has 246 valence electrons. The van der Waals surface area contributed by atoms with Gasteiger partial charge in [-0.1, -0.05) is 32.8 Å². The predicted octanol–water partition coefficient (Wildman–Crippen LogP) is 6.60. The summed E-state index contributed by atoms with van der Waals surface area (Å²) in [5.74, 6) is -1.03. The van der Waals surface area contributed by atoms with Crippen molar-refractivity contribution in [3.8, 4) is 28.9 Å². The molecule has 2 atom stereocenters. The number of pyridine rings is 1. The van der Waals surface area contributed by atoms with Crippen LogP contribution < -0.4 is 14.4 Å². The number of aromatic hydroxyl groups is 1. The first-order chi connectivity index (χ1) is 22.2. The SMILES string of the molecule is CCCCN(CO)c1nc(OCC23CCCC2N(C)CCC3)nc2c(F)c(-c3cc(O)cc4ccc(F)c(CC)c34)nc(OC)c12. The molecule has 9 nitrogen and oxygen atoms in total. The summed E-state index contributed by atoms with van der Waals surface area (Å²) >= 11 is 0. The number of ether oxygens (including phenoxy) is 2. The Bertz CT molecular complexity index is 1750. The highest BCUT2D eigenvalue weighted by Crippen LogP contribution is 2.48. The van der Waals surface area contributed by atoms with Crippen molar-refractivity contribution in [2.45, 2.75) is 71.3 Å². The van der Waals surface area contributed by atoms with Crippen LogP contribution in [0.3, 0.4) is 0 Å². The van der Waals surface area contributed by atoms with Crippen molar-refractivity contribution in [1.82, 2.24) is 19.9 Å². The van der Waals surface area contributed by atoms with Crippen LogP contribution in [-0.4, -0.2) is 76.7 Å². The number of rotatable bonds is 11. The van der Waals surface area contributed by atoms with Gasteiger partial charge in [0.2, 0.25) is 5.88 Å². The quantitative estimate of drug-likeness (QED) is 0.177. The number of fused-ring (bicyclic) bond motifs is 3. The number of phenolic OH excluding ortho intramolecular Hbond substituents is 1. The second-order valence-electron chi connectivity index (χ2n) is 12.7. The largest absolute Gasteiger partial charge is 0.508 e. The van der Waals surface area contributed by atoms with Gasteiger partial charge in [-0.25, -0.2) is 13.8 Å². The maximum Gasteiger partial charge on any atom is 0.319 e. The summed E-state index contributed by atoms with van der Waals surface area (Å²) in [6, 6.07) is 6.21. The Morgan fingerprint density at radius 3 is 2.63 bits per heavy atom. The molecule has 6 rings (SSSR count). The van der Waals surface area contributed by atoms with E-state index in [1.165, 1.54) is 25.3 Å². The van der Waals surface area contributed by atoms with E-state index in [1.54, 1.807) is 11.0 Å². The molecule has 1 aliphatic carbocycles. The third-order valence-corrected chi connectivity index (χ3v) is 9.98. The summed E-state index contributed by atoms with van der Waals surface area (Å²) in [6.45, 7) is 5.40. The Morgan fingerprint density at radius 1 is 1.09 bits per heavy atom. The number of nitrogens with zero attached hydrogens (tertiary/aromatic N) is 5. The Balaban J connectivity index is 1.56. The topological polar surface area (TPSA) is 104 Å². The number of aromatic nitrogens is 3. The third kappa shape index (κ3) is 5.57. The first-order valence-electron chi connectivity index (χ1n) is 16.3. The van der Waals surface area contributed by atoms with E-state index in [4.69, 9.17) is 14.5 Å². The van der Waals surface area contributed by atoms with Crippen molar-refractivity contribution in [3.05, 3.63) is 41.5 Å². The number of aliphatic hydroxyl groups is 1. The molecule has 0 spiro atoms. The minimum absolute atomic E-state index is 0.00450. The summed E-state index contributed by atoms with van der Waals surface area (Å²) in [5.41, 5.74) is 0.326. The van der Waals surface area contributed by atoms with Gasteiger partial charge in [-0.05, 0) is 86.7 Å². The highest BCUT2D eigenvalue weighted by atomic mass is 19.1. The standard InChI is InChI=1S/C35H43F2N5O4/c1-5-7-16-42(20-43)32-28-31(39-34(40-32)46-19-35-13-8-10-26(35)41(3)15-9-14-35)29(37)30(38-33(28)45-4)24-18-22(44)17-21-11-12-25(36)23(6-2)27(21)24/h11-12,17-18,26,43-44H,5-10,13-16,19-20H2,1-4H3. The molecule has 11 heteroatoms. The van der Waals surface area contributed by atoms with Crippen LogP contribution in [0.25, 0.3) is 32.9 Å². The van der Waals surface area contributed by atoms with Crippen LogP contribution in [-0.2, 0) is 6.42 Å². The number of hydrogen-bond acceptors (Lipinski definition) is 9. The lowest BCUT2D eigenvalue weighted by molar-refractivity contribution is 0.0133. The first-order valence-corrected chi connectivity index (χ1v) is 16.3. The van der Waals surface area contributed by atoms with Gasteiger partial charge in [-0.15, -0.1) is 0 Å². The molecule has 1 saturated heterocycles. The van der Waals surface area contributed by atoms with Gasteiger partial charge in [0, 0.05) is 23.6 Å². The maximum absolute atomic E-state index is 17.0. The third-order valence-electron chi connectivity index (χ3n) is 9.98. The zero-order valence-corrected chi connectivity index (χ0v) is 27.1. The molecule has 4 aromatic rings. The summed E-state index contributed by atoms with van der Waals surface area (Å²) in [4.78, 5) is 18.0. The lowest BCUT2D eigenvalue weighted by Gasteiger charge is -2.44. The maximum atomic E-state index is 17.0. The number of aliphatic hydroxyl groups excluding tert-OH is 1. The number of anilines is 1. The van der Waals surface area contributed by atoms with Crippen LogP contribution in [0.15, 0.2) is 24.3 Å². The van der Waals surface area contributed by atoms with E-state index in [9.17, 15) is 10.2 Å². The molecular weight excluding hydrogens is 592 g/mol. The molecule has 46 heavy (non-hydrogen) atoms. The molecule has 1 saturated carbocycles. The number of unbranched alkanes of at least 4 members (excludes halogenated alkanes) is 1. The van der Waals surface area contributed by atoms with Crippen molar-refractivity contribution in [1.29, 1.82) is 0 Å². The number of hydrogen-bond donors (Lipinski definition) is 2. The Labute approximate surface area is 268 Å². The molecule has 3 heterocycles. The molecule has 2 unspecified atom stereocenters. The van der Waals surface area contributed by atoms with Crippen LogP contribution in [0.5, 0.6) is 17.6 Å². The molecule has 2 aromatic heterocycles. The average Bonchev–Trinajstić information content (AvgIpc) is 3.50. The van der Waals surface area contributed by atoms with E-state index < -0.39 is 11.6 Å². The minimum Gasteiger partial charge on any atom is -0.508 e. The molecule has 2 aromatic carbocycles. The predicted molar refractivity (Wildman–Crippen MR) is 175 cm³/mol. The van der Waals surface area contributed by atoms with E-state index in [-0.39, 0.29) is 57.8 Å². The van der Waals surface area contributed by atoms with Gasteiger partial charge in [0.1, 0.15) is 34.9 Å². The summed E-state index contributed by atoms with van der Waals surface area (Å²) < 4.78 is 44.1. The smallest absolute Gasteiger partial charge is 0.319 e. The highest BCUT2D eigenvalue weighted by molar-refractivity contribution is 6.03. The van der Waals surface area contributed by atoms with Crippen molar-refractivity contribution < 1.29 is 28.5 Å². The van der Waals surface area contributed by atoms with E-state index in [2.05, 4.69) is 21.9 Å². The molecular formula is C35H43F2N5O4. The molecule has 0 radical (unpaired) electrons. The first kappa shape index (κ1) is 32.1. The van der Waals surface area contributed by atoms with Crippen LogP contribution >= 0.6 is 0 Å². The number of piperidine rings is 1. The molecule has 0 bridgehead atoms. The van der Waals surface area contributed by atoms with Crippen LogP contribution in [0.2, 0.25) is 0 Å². The Kier molecular flexibility index (Phi) is 9.16. The van der Waals surface area contributed by atoms with Gasteiger partial charge in [0.25, 0.3) is 0 Å². The van der Waals surface area contributed by atoms with Gasteiger partial charge in [0.05, 0.1) is 13.7 Å². The highest BCUT2D eigenvalue weighted by Gasteiger charge is 2.47. The second-order valence-corrected chi connectivity index (χ2v) is 12.7. The van der Waals surface area contributed by atoms with E-state index in [0.717, 1.165) is 51.5 Å². The lowest BCUT2D eigenvalue weighted by Crippen LogP contribution is -2.50. The normalized spacial score (nSPS) is 19.9. The van der Waals surface area contributed by atoms with Gasteiger partial charge in [-0.2, -0.15) is 9.97 Å². The van der Waals surface area contributed by atoms with Crippen molar-refractivity contribution in [3.63, 3.8) is 0 Å². The fourth-order valence-corrected chi connectivity index (χ4v) is 7.73. The second kappa shape index (κ2) is 13.1. The number of methoxy groups -OCH3 is 1. The Morgan fingerprint density at radius 2 is 1.89 bits per heavy atom. The molecule has 0 amide bonds. The fourth-order valence-electron chi connectivity index (χ4n) is 7.73. The van der Waals surface area contributed by atoms with Crippen molar-refractivity contribution in [2.24, 2.45) is 5.41 Å². The molecule has 2 fully saturated rings. The van der Waals surface area contributed by atoms with Gasteiger partial charge >= 0.3 is 6.01 Å². The minimum atomic E-state index is -0.787.